The summed E-state index contributed by atoms with van der Waals surface area (Å²) in [5.41, 5.74) is 9.52. The molecule has 0 radical (unpaired) electrons. The van der Waals surface area contributed by atoms with Crippen molar-refractivity contribution >= 4 is 56.5 Å². The number of hydrogen-bond acceptors (Lipinski definition) is 5. The van der Waals surface area contributed by atoms with Crippen LogP contribution in [-0.2, 0) is 4.79 Å². The van der Waals surface area contributed by atoms with E-state index in [1.54, 1.807) is 47.7 Å². The number of fused-ring (bicyclic) bond motifs is 1. The second kappa shape index (κ2) is 8.41. The third-order valence-electron chi connectivity index (χ3n) is 4.76. The molecule has 0 bridgehead atoms. The zero-order valence-electron chi connectivity index (χ0n) is 16.7. The monoisotopic (exact) mass is 428 g/mol. The molecule has 1 heterocycles. The fourth-order valence-electron chi connectivity index (χ4n) is 3.33. The van der Waals surface area contributed by atoms with Gasteiger partial charge in [-0.2, -0.15) is 0 Å². The number of benzene rings is 3. The number of nitrogen functional groups attached to an aromatic ring is 1. The van der Waals surface area contributed by atoms with Crippen LogP contribution in [0, 0.1) is 5.41 Å². The molecule has 3 aromatic carbocycles. The molecule has 7 heteroatoms. The summed E-state index contributed by atoms with van der Waals surface area (Å²) in [5, 5.41) is 14.4. The molecule has 1 aromatic heterocycles. The van der Waals surface area contributed by atoms with Crippen LogP contribution in [0.15, 0.2) is 66.7 Å². The molecule has 6 nitrogen and oxygen atoms in total. The quantitative estimate of drug-likeness (QED) is 0.254. The third-order valence-corrected chi connectivity index (χ3v) is 5.91. The Morgan fingerprint density at radius 2 is 1.71 bits per heavy atom. The van der Waals surface area contributed by atoms with Crippen LogP contribution < -0.4 is 16.4 Å². The highest BCUT2D eigenvalue weighted by atomic mass is 32.1. The van der Waals surface area contributed by atoms with E-state index in [4.69, 9.17) is 11.1 Å². The van der Waals surface area contributed by atoms with E-state index in [9.17, 15) is 9.59 Å². The van der Waals surface area contributed by atoms with Crippen LogP contribution in [0.2, 0.25) is 0 Å². The molecule has 0 aliphatic carbocycles. The van der Waals surface area contributed by atoms with Gasteiger partial charge >= 0.3 is 0 Å². The van der Waals surface area contributed by atoms with E-state index < -0.39 is 0 Å². The number of carbonyl (C=O) groups is 2. The Labute approximate surface area is 183 Å². The average molecular weight is 429 g/mol. The van der Waals surface area contributed by atoms with Gasteiger partial charge in [0.25, 0.3) is 5.91 Å². The van der Waals surface area contributed by atoms with Crippen molar-refractivity contribution in [1.29, 1.82) is 5.41 Å². The van der Waals surface area contributed by atoms with Crippen molar-refractivity contribution in [3.05, 3.63) is 77.9 Å². The van der Waals surface area contributed by atoms with Crippen LogP contribution in [-0.4, -0.2) is 18.0 Å². The molecule has 0 spiro atoms. The fourth-order valence-corrected chi connectivity index (χ4v) is 4.42. The van der Waals surface area contributed by atoms with Crippen molar-refractivity contribution in [3.63, 3.8) is 0 Å². The van der Waals surface area contributed by atoms with E-state index in [2.05, 4.69) is 10.6 Å². The molecule has 0 saturated heterocycles. The van der Waals surface area contributed by atoms with Crippen LogP contribution in [0.5, 0.6) is 0 Å². The Kier molecular flexibility index (Phi) is 5.51. The zero-order valence-corrected chi connectivity index (χ0v) is 17.5. The normalized spacial score (nSPS) is 10.6. The van der Waals surface area contributed by atoms with E-state index in [-0.39, 0.29) is 11.8 Å². The van der Waals surface area contributed by atoms with Crippen molar-refractivity contribution in [1.82, 2.24) is 0 Å². The second-order valence-corrected chi connectivity index (χ2v) is 8.12. The molecule has 31 heavy (non-hydrogen) atoms. The van der Waals surface area contributed by atoms with Gasteiger partial charge in [0.05, 0.1) is 0 Å². The number of carbonyl (C=O) groups excluding carboxylic acids is 2. The number of rotatable bonds is 5. The molecule has 0 aliphatic rings. The van der Waals surface area contributed by atoms with Gasteiger partial charge in [0, 0.05) is 56.5 Å². The van der Waals surface area contributed by atoms with Gasteiger partial charge in [-0.25, -0.2) is 0 Å². The number of amides is 2. The second-order valence-electron chi connectivity index (χ2n) is 7.04. The summed E-state index contributed by atoms with van der Waals surface area (Å²) < 4.78 is 1.12. The summed E-state index contributed by atoms with van der Waals surface area (Å²) in [6.45, 7) is 1.42. The summed E-state index contributed by atoms with van der Waals surface area (Å²) in [5.74, 6) is -0.518. The Morgan fingerprint density at radius 1 is 0.968 bits per heavy atom. The van der Waals surface area contributed by atoms with E-state index >= 15 is 0 Å². The van der Waals surface area contributed by atoms with Crippen molar-refractivity contribution in [3.8, 4) is 10.4 Å². The van der Waals surface area contributed by atoms with Crippen molar-refractivity contribution in [2.75, 3.05) is 16.4 Å². The van der Waals surface area contributed by atoms with Gasteiger partial charge in [-0.3, -0.25) is 9.59 Å². The number of nitrogens with two attached hydrogens (primary N) is 1. The molecular weight excluding hydrogens is 408 g/mol. The highest BCUT2D eigenvalue weighted by Gasteiger charge is 2.16. The minimum absolute atomic E-state index is 0.189. The lowest BCUT2D eigenvalue weighted by atomic mass is 10.0. The Hall–Kier alpha value is -3.97. The first-order valence-electron chi connectivity index (χ1n) is 9.56. The summed E-state index contributed by atoms with van der Waals surface area (Å²) in [6, 6.07) is 20.3. The van der Waals surface area contributed by atoms with E-state index in [1.807, 2.05) is 30.3 Å². The summed E-state index contributed by atoms with van der Waals surface area (Å²) in [7, 11) is 0. The first kappa shape index (κ1) is 20.3. The van der Waals surface area contributed by atoms with Crippen LogP contribution in [0.1, 0.15) is 22.8 Å². The largest absolute Gasteiger partial charge is 0.398 e. The lowest BCUT2D eigenvalue weighted by molar-refractivity contribution is -0.114. The highest BCUT2D eigenvalue weighted by molar-refractivity contribution is 7.22. The fraction of sp³-hybridized carbons (Fsp3) is 0.0417. The highest BCUT2D eigenvalue weighted by Crippen LogP contribution is 2.38. The van der Waals surface area contributed by atoms with Crippen LogP contribution >= 0.6 is 11.3 Å². The van der Waals surface area contributed by atoms with Gasteiger partial charge in [0.1, 0.15) is 0 Å². The van der Waals surface area contributed by atoms with Crippen molar-refractivity contribution in [2.24, 2.45) is 0 Å². The molecular formula is C24H20N4O2S. The van der Waals surface area contributed by atoms with Crippen LogP contribution in [0.3, 0.4) is 0 Å². The van der Waals surface area contributed by atoms with Gasteiger partial charge in [-0.15, -0.1) is 11.3 Å². The third kappa shape index (κ3) is 4.31. The number of anilines is 3. The lowest BCUT2D eigenvalue weighted by Crippen LogP contribution is -2.14. The van der Waals surface area contributed by atoms with Gasteiger partial charge in [-0.1, -0.05) is 24.3 Å². The molecule has 4 aromatic rings. The summed E-state index contributed by atoms with van der Waals surface area (Å²) in [4.78, 5) is 25.2. The molecule has 0 aliphatic heterocycles. The average Bonchev–Trinajstić information content (AvgIpc) is 3.17. The number of thiophene rings is 1. The number of nitrogens with one attached hydrogen (secondary N) is 3. The molecule has 0 unspecified atom stereocenters. The smallest absolute Gasteiger partial charge is 0.255 e. The standard InChI is InChI=1S/C24H20N4O2S/c1-14(29)27-18-6-4-7-19(12-18)28-24(30)16-9-17(13-25)23(26)20(10-16)22-11-15-5-2-3-8-21(15)31-22/h2-13,25H,26H2,1H3,(H,27,29)(H,28,30). The van der Waals surface area contributed by atoms with E-state index in [0.29, 0.717) is 28.2 Å². The Morgan fingerprint density at radius 3 is 2.42 bits per heavy atom. The minimum Gasteiger partial charge on any atom is -0.398 e. The molecule has 4 rings (SSSR count). The summed E-state index contributed by atoms with van der Waals surface area (Å²) >= 11 is 1.59. The SMILES string of the molecule is CC(=O)Nc1cccc(NC(=O)c2cc(C=N)c(N)c(-c3cc4ccccc4s3)c2)c1. The molecule has 2 amide bonds. The van der Waals surface area contributed by atoms with E-state index in [0.717, 1.165) is 26.7 Å². The predicted molar refractivity (Wildman–Crippen MR) is 128 cm³/mol. The van der Waals surface area contributed by atoms with Gasteiger partial charge in [0.15, 0.2) is 0 Å². The maximum atomic E-state index is 13.0. The molecule has 5 N–H and O–H groups in total. The molecule has 154 valence electrons. The van der Waals surface area contributed by atoms with E-state index in [1.165, 1.54) is 6.92 Å². The predicted octanol–water partition coefficient (Wildman–Crippen LogP) is 5.36. The maximum Gasteiger partial charge on any atom is 0.255 e. The van der Waals surface area contributed by atoms with Gasteiger partial charge in [-0.05, 0) is 47.9 Å². The topological polar surface area (TPSA) is 108 Å². The molecule has 0 saturated carbocycles. The van der Waals surface area contributed by atoms with Crippen LogP contribution in [0.25, 0.3) is 20.5 Å². The van der Waals surface area contributed by atoms with Gasteiger partial charge < -0.3 is 21.8 Å². The van der Waals surface area contributed by atoms with Crippen LogP contribution in [0.4, 0.5) is 17.1 Å². The summed E-state index contributed by atoms with van der Waals surface area (Å²) in [6.07, 6.45) is 1.15. The maximum absolute atomic E-state index is 13.0. The Bertz CT molecular complexity index is 1290. The minimum atomic E-state index is -0.328. The first-order valence-corrected chi connectivity index (χ1v) is 10.4. The van der Waals surface area contributed by atoms with Gasteiger partial charge in [0.2, 0.25) is 5.91 Å². The first-order chi connectivity index (χ1) is 14.9. The number of hydrogen-bond donors (Lipinski definition) is 4. The Balaban J connectivity index is 1.70. The molecule has 0 atom stereocenters. The zero-order chi connectivity index (χ0) is 22.0. The lowest BCUT2D eigenvalue weighted by Gasteiger charge is -2.12. The van der Waals surface area contributed by atoms with Crippen molar-refractivity contribution in [2.45, 2.75) is 6.92 Å². The molecule has 0 fully saturated rings. The van der Waals surface area contributed by atoms with Crippen molar-refractivity contribution < 1.29 is 9.59 Å².